The smallest absolute Gasteiger partial charge is 0.309 e. The van der Waals surface area contributed by atoms with Crippen molar-refractivity contribution in [3.05, 3.63) is 29.8 Å². The number of carboxylic acids is 1. The summed E-state index contributed by atoms with van der Waals surface area (Å²) in [6.07, 6.45) is 0. The first-order valence-corrected chi connectivity index (χ1v) is 6.31. The molecule has 1 aromatic carbocycles. The zero-order valence-corrected chi connectivity index (χ0v) is 10.8. The second-order valence-electron chi connectivity index (χ2n) is 4.67. The van der Waals surface area contributed by atoms with Gasteiger partial charge in [0, 0.05) is 19.1 Å². The predicted molar refractivity (Wildman–Crippen MR) is 68.7 cm³/mol. The lowest BCUT2D eigenvalue weighted by Crippen LogP contribution is -2.51. The molecular weight excluding hydrogens is 230 g/mol. The van der Waals surface area contributed by atoms with Crippen LogP contribution < -0.4 is 4.74 Å². The second kappa shape index (κ2) is 5.40. The number of likely N-dealkylation sites (tertiary alicyclic amines) is 1. The summed E-state index contributed by atoms with van der Waals surface area (Å²) in [6.45, 7) is 6.02. The van der Waals surface area contributed by atoms with E-state index >= 15 is 0 Å². The Morgan fingerprint density at radius 3 is 2.56 bits per heavy atom. The Morgan fingerprint density at radius 1 is 1.44 bits per heavy atom. The van der Waals surface area contributed by atoms with Gasteiger partial charge < -0.3 is 9.84 Å². The van der Waals surface area contributed by atoms with Gasteiger partial charge in [0.1, 0.15) is 5.75 Å². The topological polar surface area (TPSA) is 49.8 Å². The second-order valence-corrected chi connectivity index (χ2v) is 4.67. The largest absolute Gasteiger partial charge is 0.494 e. The SMILES string of the molecule is CCOc1ccc(C(C)N2CC(C(=O)O)C2)cc1. The van der Waals surface area contributed by atoms with E-state index in [0.29, 0.717) is 19.7 Å². The number of hydrogen-bond donors (Lipinski definition) is 1. The number of rotatable bonds is 5. The Balaban J connectivity index is 1.93. The normalized spacial score (nSPS) is 18.1. The first-order chi connectivity index (χ1) is 8.61. The fourth-order valence-electron chi connectivity index (χ4n) is 2.21. The molecule has 4 heteroatoms. The molecule has 0 bridgehead atoms. The van der Waals surface area contributed by atoms with Crippen LogP contribution >= 0.6 is 0 Å². The minimum atomic E-state index is -0.690. The molecule has 0 amide bonds. The lowest BCUT2D eigenvalue weighted by Gasteiger charge is -2.41. The van der Waals surface area contributed by atoms with E-state index in [-0.39, 0.29) is 12.0 Å². The van der Waals surface area contributed by atoms with Gasteiger partial charge in [0.25, 0.3) is 0 Å². The molecule has 2 rings (SSSR count). The van der Waals surface area contributed by atoms with Crippen LogP contribution in [-0.4, -0.2) is 35.7 Å². The van der Waals surface area contributed by atoms with Crippen LogP contribution in [0.4, 0.5) is 0 Å². The van der Waals surface area contributed by atoms with E-state index in [9.17, 15) is 4.79 Å². The fourth-order valence-corrected chi connectivity index (χ4v) is 2.21. The maximum Gasteiger partial charge on any atom is 0.309 e. The van der Waals surface area contributed by atoms with E-state index in [2.05, 4.69) is 11.8 Å². The number of ether oxygens (including phenoxy) is 1. The van der Waals surface area contributed by atoms with E-state index in [1.165, 1.54) is 5.56 Å². The van der Waals surface area contributed by atoms with Crippen molar-refractivity contribution in [2.24, 2.45) is 5.92 Å². The van der Waals surface area contributed by atoms with Crippen LogP contribution in [0.2, 0.25) is 0 Å². The average molecular weight is 249 g/mol. The van der Waals surface area contributed by atoms with Gasteiger partial charge in [-0.2, -0.15) is 0 Å². The highest BCUT2D eigenvalue weighted by Gasteiger charge is 2.35. The first-order valence-electron chi connectivity index (χ1n) is 6.31. The fraction of sp³-hybridized carbons (Fsp3) is 0.500. The van der Waals surface area contributed by atoms with Crippen molar-refractivity contribution in [1.29, 1.82) is 0 Å². The number of benzene rings is 1. The van der Waals surface area contributed by atoms with Crippen LogP contribution in [0.25, 0.3) is 0 Å². The number of carboxylic acid groups (broad SMARTS) is 1. The molecule has 0 radical (unpaired) electrons. The van der Waals surface area contributed by atoms with Gasteiger partial charge in [0.2, 0.25) is 0 Å². The molecule has 1 saturated heterocycles. The van der Waals surface area contributed by atoms with Gasteiger partial charge in [-0.3, -0.25) is 9.69 Å². The summed E-state index contributed by atoms with van der Waals surface area (Å²) in [5, 5.41) is 8.86. The third-order valence-electron chi connectivity index (χ3n) is 3.48. The van der Waals surface area contributed by atoms with Crippen molar-refractivity contribution in [3.8, 4) is 5.75 Å². The quantitative estimate of drug-likeness (QED) is 0.868. The Labute approximate surface area is 107 Å². The van der Waals surface area contributed by atoms with Crippen molar-refractivity contribution < 1.29 is 14.6 Å². The van der Waals surface area contributed by atoms with Crippen LogP contribution in [0.3, 0.4) is 0 Å². The van der Waals surface area contributed by atoms with Gasteiger partial charge in [-0.05, 0) is 31.5 Å². The molecule has 1 aliphatic heterocycles. The van der Waals surface area contributed by atoms with Gasteiger partial charge in [-0.25, -0.2) is 0 Å². The van der Waals surface area contributed by atoms with Gasteiger partial charge in [0.15, 0.2) is 0 Å². The third-order valence-corrected chi connectivity index (χ3v) is 3.48. The Bertz CT molecular complexity index is 410. The maximum absolute atomic E-state index is 10.8. The Morgan fingerprint density at radius 2 is 2.06 bits per heavy atom. The monoisotopic (exact) mass is 249 g/mol. The summed E-state index contributed by atoms with van der Waals surface area (Å²) in [5.41, 5.74) is 1.20. The molecule has 98 valence electrons. The molecule has 0 aliphatic carbocycles. The van der Waals surface area contributed by atoms with Gasteiger partial charge in [-0.15, -0.1) is 0 Å². The molecule has 0 saturated carbocycles. The van der Waals surface area contributed by atoms with Crippen molar-refractivity contribution in [1.82, 2.24) is 4.90 Å². The minimum absolute atomic E-state index is 0.199. The average Bonchev–Trinajstić information content (AvgIpc) is 2.27. The lowest BCUT2D eigenvalue weighted by molar-refractivity contribution is -0.148. The summed E-state index contributed by atoms with van der Waals surface area (Å²) < 4.78 is 5.40. The molecule has 4 nitrogen and oxygen atoms in total. The molecule has 0 aromatic heterocycles. The Hall–Kier alpha value is -1.55. The Kier molecular flexibility index (Phi) is 3.87. The van der Waals surface area contributed by atoms with Crippen molar-refractivity contribution in [2.45, 2.75) is 19.9 Å². The van der Waals surface area contributed by atoms with Gasteiger partial charge >= 0.3 is 5.97 Å². The number of carbonyl (C=O) groups is 1. The van der Waals surface area contributed by atoms with Gasteiger partial charge in [-0.1, -0.05) is 12.1 Å². The van der Waals surface area contributed by atoms with E-state index < -0.39 is 5.97 Å². The van der Waals surface area contributed by atoms with Crippen LogP contribution in [0.15, 0.2) is 24.3 Å². The zero-order chi connectivity index (χ0) is 13.1. The molecule has 1 aromatic rings. The highest BCUT2D eigenvalue weighted by molar-refractivity contribution is 5.71. The minimum Gasteiger partial charge on any atom is -0.494 e. The number of nitrogens with zero attached hydrogens (tertiary/aromatic N) is 1. The van der Waals surface area contributed by atoms with Crippen LogP contribution in [-0.2, 0) is 4.79 Å². The van der Waals surface area contributed by atoms with Crippen molar-refractivity contribution in [3.63, 3.8) is 0 Å². The summed E-state index contributed by atoms with van der Waals surface area (Å²) in [7, 11) is 0. The summed E-state index contributed by atoms with van der Waals surface area (Å²) in [5.74, 6) is -0.0132. The standard InChI is InChI=1S/C14H19NO3/c1-3-18-13-6-4-11(5-7-13)10(2)15-8-12(9-15)14(16)17/h4-7,10,12H,3,8-9H2,1-2H3,(H,16,17). The number of aliphatic carboxylic acids is 1. The lowest BCUT2D eigenvalue weighted by atomic mass is 9.95. The molecule has 1 heterocycles. The molecule has 1 N–H and O–H groups in total. The van der Waals surface area contributed by atoms with Crippen LogP contribution in [0.1, 0.15) is 25.5 Å². The summed E-state index contributed by atoms with van der Waals surface area (Å²) >= 11 is 0. The number of hydrogen-bond acceptors (Lipinski definition) is 3. The summed E-state index contributed by atoms with van der Waals surface area (Å²) in [6, 6.07) is 8.28. The molecule has 18 heavy (non-hydrogen) atoms. The highest BCUT2D eigenvalue weighted by Crippen LogP contribution is 2.29. The predicted octanol–water partition coefficient (Wildman–Crippen LogP) is 2.16. The first kappa shape index (κ1) is 12.9. The van der Waals surface area contributed by atoms with E-state index in [4.69, 9.17) is 9.84 Å². The van der Waals surface area contributed by atoms with Crippen molar-refractivity contribution in [2.75, 3.05) is 19.7 Å². The van der Waals surface area contributed by atoms with E-state index in [1.54, 1.807) is 0 Å². The molecule has 1 fully saturated rings. The molecular formula is C14H19NO3. The zero-order valence-electron chi connectivity index (χ0n) is 10.8. The molecule has 1 aliphatic rings. The maximum atomic E-state index is 10.8. The molecule has 1 atom stereocenters. The van der Waals surface area contributed by atoms with Crippen molar-refractivity contribution >= 4 is 5.97 Å². The molecule has 0 spiro atoms. The van der Waals surface area contributed by atoms with Gasteiger partial charge in [0.05, 0.1) is 12.5 Å². The van der Waals surface area contributed by atoms with E-state index in [1.807, 2.05) is 31.2 Å². The van der Waals surface area contributed by atoms with E-state index in [0.717, 1.165) is 5.75 Å². The van der Waals surface area contributed by atoms with Crippen LogP contribution in [0, 0.1) is 5.92 Å². The third kappa shape index (κ3) is 2.64. The molecule has 1 unspecified atom stereocenters. The summed E-state index contributed by atoms with van der Waals surface area (Å²) in [4.78, 5) is 12.9. The van der Waals surface area contributed by atoms with Crippen LogP contribution in [0.5, 0.6) is 5.75 Å². The highest BCUT2D eigenvalue weighted by atomic mass is 16.5.